The van der Waals surface area contributed by atoms with Crippen LogP contribution >= 0.6 is 0 Å². The zero-order valence-electron chi connectivity index (χ0n) is 13.6. The number of aryl methyl sites for hydroxylation is 1. The first-order chi connectivity index (χ1) is 11.1. The van der Waals surface area contributed by atoms with Crippen LogP contribution < -0.4 is 10.1 Å². The molecule has 1 aliphatic heterocycles. The Kier molecular flexibility index (Phi) is 6.40. The van der Waals surface area contributed by atoms with Crippen molar-refractivity contribution in [1.82, 2.24) is 5.32 Å². The quantitative estimate of drug-likeness (QED) is 0.771. The SMILES string of the molecule is Cc1cccc(OCC(=O)OCC(=O)NC[C@@H]2CCCO2)c1C. The van der Waals surface area contributed by atoms with Crippen molar-refractivity contribution in [2.24, 2.45) is 0 Å². The van der Waals surface area contributed by atoms with Crippen molar-refractivity contribution in [2.75, 3.05) is 26.4 Å². The Bertz CT molecular complexity index is 552. The predicted octanol–water partition coefficient (Wildman–Crippen LogP) is 1.52. The lowest BCUT2D eigenvalue weighted by Gasteiger charge is -2.12. The largest absolute Gasteiger partial charge is 0.482 e. The van der Waals surface area contributed by atoms with Gasteiger partial charge in [-0.3, -0.25) is 4.79 Å². The van der Waals surface area contributed by atoms with Gasteiger partial charge in [0, 0.05) is 13.2 Å². The van der Waals surface area contributed by atoms with E-state index >= 15 is 0 Å². The molecular weight excluding hydrogens is 298 g/mol. The average Bonchev–Trinajstić information content (AvgIpc) is 3.05. The number of benzene rings is 1. The summed E-state index contributed by atoms with van der Waals surface area (Å²) in [6.45, 7) is 4.57. The predicted molar refractivity (Wildman–Crippen MR) is 84.4 cm³/mol. The number of carbonyl (C=O) groups excluding carboxylic acids is 2. The highest BCUT2D eigenvalue weighted by Gasteiger charge is 2.16. The monoisotopic (exact) mass is 321 g/mol. The van der Waals surface area contributed by atoms with Gasteiger partial charge in [-0.25, -0.2) is 4.79 Å². The van der Waals surface area contributed by atoms with Gasteiger partial charge in [-0.1, -0.05) is 12.1 Å². The molecule has 0 unspecified atom stereocenters. The maximum atomic E-state index is 11.6. The molecule has 0 aliphatic carbocycles. The summed E-state index contributed by atoms with van der Waals surface area (Å²) in [6.07, 6.45) is 2.04. The van der Waals surface area contributed by atoms with Crippen molar-refractivity contribution in [2.45, 2.75) is 32.8 Å². The highest BCUT2D eigenvalue weighted by molar-refractivity contribution is 5.80. The Hall–Kier alpha value is -2.08. The molecule has 2 rings (SSSR count). The first-order valence-electron chi connectivity index (χ1n) is 7.79. The fraction of sp³-hybridized carbons (Fsp3) is 0.529. The van der Waals surface area contributed by atoms with E-state index in [-0.39, 0.29) is 25.2 Å². The fourth-order valence-corrected chi connectivity index (χ4v) is 2.29. The van der Waals surface area contributed by atoms with E-state index in [1.165, 1.54) is 0 Å². The second-order valence-electron chi connectivity index (χ2n) is 5.59. The number of hydrogen-bond donors (Lipinski definition) is 1. The summed E-state index contributed by atoms with van der Waals surface area (Å²) in [4.78, 5) is 23.2. The highest BCUT2D eigenvalue weighted by atomic mass is 16.6. The van der Waals surface area contributed by atoms with Gasteiger partial charge in [-0.05, 0) is 43.9 Å². The lowest BCUT2D eigenvalue weighted by molar-refractivity contribution is -0.150. The van der Waals surface area contributed by atoms with Crippen molar-refractivity contribution in [3.8, 4) is 5.75 Å². The Labute approximate surface area is 136 Å². The molecule has 1 amide bonds. The highest BCUT2D eigenvalue weighted by Crippen LogP contribution is 2.20. The first-order valence-corrected chi connectivity index (χ1v) is 7.79. The van der Waals surface area contributed by atoms with Crippen LogP contribution in [-0.4, -0.2) is 44.3 Å². The third-order valence-corrected chi connectivity index (χ3v) is 3.82. The molecule has 1 aromatic rings. The summed E-state index contributed by atoms with van der Waals surface area (Å²) in [6, 6.07) is 5.63. The van der Waals surface area contributed by atoms with E-state index < -0.39 is 5.97 Å². The van der Waals surface area contributed by atoms with Gasteiger partial charge in [-0.2, -0.15) is 0 Å². The molecule has 126 valence electrons. The van der Waals surface area contributed by atoms with Crippen LogP contribution in [0.15, 0.2) is 18.2 Å². The van der Waals surface area contributed by atoms with Crippen LogP contribution in [0.4, 0.5) is 0 Å². The fourth-order valence-electron chi connectivity index (χ4n) is 2.29. The third kappa shape index (κ3) is 5.56. The molecule has 1 N–H and O–H groups in total. The Morgan fingerprint density at radius 3 is 2.87 bits per heavy atom. The summed E-state index contributed by atoms with van der Waals surface area (Å²) in [5.41, 5.74) is 2.07. The molecule has 1 aromatic carbocycles. The topological polar surface area (TPSA) is 73.9 Å². The van der Waals surface area contributed by atoms with E-state index in [2.05, 4.69) is 5.32 Å². The number of nitrogens with one attached hydrogen (secondary N) is 1. The zero-order chi connectivity index (χ0) is 16.7. The Balaban J connectivity index is 1.64. The lowest BCUT2D eigenvalue weighted by Crippen LogP contribution is -2.35. The molecule has 23 heavy (non-hydrogen) atoms. The molecule has 0 radical (unpaired) electrons. The summed E-state index contributed by atoms with van der Waals surface area (Å²) in [7, 11) is 0. The van der Waals surface area contributed by atoms with Gasteiger partial charge >= 0.3 is 5.97 Å². The number of carbonyl (C=O) groups is 2. The van der Waals surface area contributed by atoms with Gasteiger partial charge in [0.1, 0.15) is 5.75 Å². The number of ether oxygens (including phenoxy) is 3. The summed E-state index contributed by atoms with van der Waals surface area (Å²) >= 11 is 0. The maximum Gasteiger partial charge on any atom is 0.344 e. The van der Waals surface area contributed by atoms with E-state index in [1.54, 1.807) is 6.07 Å². The summed E-state index contributed by atoms with van der Waals surface area (Å²) < 4.78 is 15.7. The number of esters is 1. The Morgan fingerprint density at radius 2 is 2.13 bits per heavy atom. The summed E-state index contributed by atoms with van der Waals surface area (Å²) in [5, 5.41) is 2.69. The van der Waals surface area contributed by atoms with Crippen LogP contribution in [0.2, 0.25) is 0 Å². The number of hydrogen-bond acceptors (Lipinski definition) is 5. The van der Waals surface area contributed by atoms with Gasteiger partial charge in [0.05, 0.1) is 6.10 Å². The lowest BCUT2D eigenvalue weighted by atomic mass is 10.1. The number of amides is 1. The molecule has 0 aromatic heterocycles. The second-order valence-corrected chi connectivity index (χ2v) is 5.59. The molecule has 1 fully saturated rings. The van der Waals surface area contributed by atoms with Gasteiger partial charge < -0.3 is 19.5 Å². The molecular formula is C17H23NO5. The van der Waals surface area contributed by atoms with E-state index in [0.717, 1.165) is 30.6 Å². The molecule has 1 heterocycles. The zero-order valence-corrected chi connectivity index (χ0v) is 13.6. The minimum Gasteiger partial charge on any atom is -0.482 e. The third-order valence-electron chi connectivity index (χ3n) is 3.82. The van der Waals surface area contributed by atoms with Crippen molar-refractivity contribution < 1.29 is 23.8 Å². The maximum absolute atomic E-state index is 11.6. The van der Waals surface area contributed by atoms with Gasteiger partial charge in [0.25, 0.3) is 5.91 Å². The van der Waals surface area contributed by atoms with Crippen molar-refractivity contribution in [3.05, 3.63) is 29.3 Å². The molecule has 1 saturated heterocycles. The van der Waals surface area contributed by atoms with Crippen LogP contribution in [0.5, 0.6) is 5.75 Å². The molecule has 0 spiro atoms. The molecule has 6 nitrogen and oxygen atoms in total. The van der Waals surface area contributed by atoms with Crippen molar-refractivity contribution in [3.63, 3.8) is 0 Å². The smallest absolute Gasteiger partial charge is 0.344 e. The van der Waals surface area contributed by atoms with Crippen LogP contribution in [-0.2, 0) is 19.1 Å². The minimum atomic E-state index is -0.571. The van der Waals surface area contributed by atoms with Gasteiger partial charge in [0.15, 0.2) is 13.2 Å². The molecule has 6 heteroatoms. The van der Waals surface area contributed by atoms with E-state index in [4.69, 9.17) is 14.2 Å². The molecule has 1 aliphatic rings. The van der Waals surface area contributed by atoms with E-state index in [1.807, 2.05) is 26.0 Å². The summed E-state index contributed by atoms with van der Waals surface area (Å²) in [5.74, 6) is -0.261. The first kappa shape index (κ1) is 17.3. The molecule has 1 atom stereocenters. The van der Waals surface area contributed by atoms with Gasteiger partial charge in [-0.15, -0.1) is 0 Å². The second kappa shape index (κ2) is 8.53. The average molecular weight is 321 g/mol. The molecule has 0 saturated carbocycles. The van der Waals surface area contributed by atoms with Crippen molar-refractivity contribution >= 4 is 11.9 Å². The van der Waals surface area contributed by atoms with Crippen LogP contribution in [0.1, 0.15) is 24.0 Å². The normalized spacial score (nSPS) is 16.9. The minimum absolute atomic E-state index is 0.0716. The molecule has 0 bridgehead atoms. The Morgan fingerprint density at radius 1 is 1.30 bits per heavy atom. The van der Waals surface area contributed by atoms with Gasteiger partial charge in [0.2, 0.25) is 0 Å². The number of rotatable bonds is 7. The van der Waals surface area contributed by atoms with E-state index in [0.29, 0.717) is 12.3 Å². The van der Waals surface area contributed by atoms with Crippen LogP contribution in [0.25, 0.3) is 0 Å². The van der Waals surface area contributed by atoms with E-state index in [9.17, 15) is 9.59 Å². The van der Waals surface area contributed by atoms with Crippen LogP contribution in [0.3, 0.4) is 0 Å². The van der Waals surface area contributed by atoms with Crippen molar-refractivity contribution in [1.29, 1.82) is 0 Å². The van der Waals surface area contributed by atoms with Crippen LogP contribution in [0, 0.1) is 13.8 Å². The standard InChI is InChI=1S/C17H23NO5/c1-12-5-3-7-15(13(12)2)22-11-17(20)23-10-16(19)18-9-14-6-4-8-21-14/h3,5,7,14H,4,6,8-11H2,1-2H3,(H,18,19)/t14-/m0/s1.